The molecule has 0 radical (unpaired) electrons. The van der Waals surface area contributed by atoms with Gasteiger partial charge in [0.05, 0.1) is 6.10 Å². The van der Waals surface area contributed by atoms with E-state index < -0.39 is 0 Å². The van der Waals surface area contributed by atoms with Crippen LogP contribution in [-0.2, 0) is 12.8 Å². The van der Waals surface area contributed by atoms with Crippen LogP contribution >= 0.6 is 0 Å². The molecule has 0 fully saturated rings. The predicted octanol–water partition coefficient (Wildman–Crippen LogP) is 4.43. The summed E-state index contributed by atoms with van der Waals surface area (Å²) >= 11 is 0. The first-order valence-electron chi connectivity index (χ1n) is 7.56. The van der Waals surface area contributed by atoms with Gasteiger partial charge in [-0.25, -0.2) is 0 Å². The molecule has 0 saturated heterocycles. The first-order chi connectivity index (χ1) is 8.76. The van der Waals surface area contributed by atoms with Crippen molar-refractivity contribution in [3.05, 3.63) is 34.9 Å². The topological polar surface area (TPSA) is 20.2 Å². The van der Waals surface area contributed by atoms with Gasteiger partial charge in [-0.15, -0.1) is 0 Å². The lowest BCUT2D eigenvalue weighted by Crippen LogP contribution is -2.13. The Hall–Kier alpha value is -0.820. The standard InChI is InChI=1S/C17H26O/c1-3-6-14(7-4-2)17(18)16-11-10-13-8-5-9-15(13)12-16/h10-12,14,17-18H,3-9H2,1-2H3. The molecule has 1 N–H and O–H groups in total. The van der Waals surface area contributed by atoms with Crippen molar-refractivity contribution in [3.63, 3.8) is 0 Å². The van der Waals surface area contributed by atoms with Gasteiger partial charge in [0.15, 0.2) is 0 Å². The van der Waals surface area contributed by atoms with E-state index in [1.54, 1.807) is 0 Å². The van der Waals surface area contributed by atoms with Crippen molar-refractivity contribution >= 4 is 0 Å². The lowest BCUT2D eigenvalue weighted by molar-refractivity contribution is 0.0964. The van der Waals surface area contributed by atoms with Crippen molar-refractivity contribution in [1.29, 1.82) is 0 Å². The SMILES string of the molecule is CCCC(CCC)C(O)c1ccc2c(c1)CCC2. The molecule has 0 saturated carbocycles. The number of hydrogen-bond acceptors (Lipinski definition) is 1. The van der Waals surface area contributed by atoms with E-state index in [-0.39, 0.29) is 6.10 Å². The summed E-state index contributed by atoms with van der Waals surface area (Å²) in [5, 5.41) is 10.6. The van der Waals surface area contributed by atoms with Crippen LogP contribution in [0.4, 0.5) is 0 Å². The van der Waals surface area contributed by atoms with Crippen LogP contribution in [0.2, 0.25) is 0 Å². The monoisotopic (exact) mass is 246 g/mol. The second-order valence-electron chi connectivity index (χ2n) is 5.66. The van der Waals surface area contributed by atoms with Gasteiger partial charge < -0.3 is 5.11 Å². The van der Waals surface area contributed by atoms with E-state index in [4.69, 9.17) is 0 Å². The third-order valence-electron chi connectivity index (χ3n) is 4.23. The van der Waals surface area contributed by atoms with Gasteiger partial charge in [0, 0.05) is 0 Å². The van der Waals surface area contributed by atoms with Crippen LogP contribution in [0, 0.1) is 5.92 Å². The van der Waals surface area contributed by atoms with Gasteiger partial charge in [0.25, 0.3) is 0 Å². The number of aliphatic hydroxyl groups is 1. The maximum Gasteiger partial charge on any atom is 0.0818 e. The average Bonchev–Trinajstić information content (AvgIpc) is 2.84. The normalized spacial score (nSPS) is 16.0. The number of fused-ring (bicyclic) bond motifs is 1. The van der Waals surface area contributed by atoms with Crippen molar-refractivity contribution in [3.8, 4) is 0 Å². The lowest BCUT2D eigenvalue weighted by atomic mass is 9.87. The molecule has 1 heteroatoms. The van der Waals surface area contributed by atoms with Crippen molar-refractivity contribution in [2.24, 2.45) is 5.92 Å². The zero-order valence-electron chi connectivity index (χ0n) is 11.8. The molecule has 0 aliphatic heterocycles. The first kappa shape index (κ1) is 13.6. The minimum Gasteiger partial charge on any atom is -0.388 e. The fourth-order valence-electron chi connectivity index (χ4n) is 3.25. The molecule has 0 heterocycles. The van der Waals surface area contributed by atoms with Gasteiger partial charge in [-0.2, -0.15) is 0 Å². The molecule has 1 aliphatic carbocycles. The van der Waals surface area contributed by atoms with Crippen LogP contribution in [0.3, 0.4) is 0 Å². The van der Waals surface area contributed by atoms with Crippen LogP contribution in [0.1, 0.15) is 68.7 Å². The van der Waals surface area contributed by atoms with Crippen molar-refractivity contribution in [2.45, 2.75) is 64.9 Å². The number of hydrogen-bond donors (Lipinski definition) is 1. The Bertz CT molecular complexity index is 377. The Labute approximate surface area is 111 Å². The van der Waals surface area contributed by atoms with E-state index >= 15 is 0 Å². The molecule has 0 spiro atoms. The smallest absolute Gasteiger partial charge is 0.0818 e. The zero-order valence-corrected chi connectivity index (χ0v) is 11.8. The third-order valence-corrected chi connectivity index (χ3v) is 4.23. The van der Waals surface area contributed by atoms with Crippen LogP contribution in [-0.4, -0.2) is 5.11 Å². The third kappa shape index (κ3) is 2.95. The van der Waals surface area contributed by atoms with E-state index in [9.17, 15) is 5.11 Å². The summed E-state index contributed by atoms with van der Waals surface area (Å²) in [5.74, 6) is 0.430. The highest BCUT2D eigenvalue weighted by Gasteiger charge is 2.21. The summed E-state index contributed by atoms with van der Waals surface area (Å²) in [6.45, 7) is 4.41. The second kappa shape index (κ2) is 6.38. The van der Waals surface area contributed by atoms with Crippen LogP contribution in [0.25, 0.3) is 0 Å². The highest BCUT2D eigenvalue weighted by Crippen LogP contribution is 2.32. The molecule has 2 rings (SSSR count). The van der Waals surface area contributed by atoms with Crippen molar-refractivity contribution in [1.82, 2.24) is 0 Å². The van der Waals surface area contributed by atoms with E-state index in [1.165, 1.54) is 30.4 Å². The average molecular weight is 246 g/mol. The predicted molar refractivity (Wildman–Crippen MR) is 76.7 cm³/mol. The molecule has 1 aromatic carbocycles. The molecule has 1 unspecified atom stereocenters. The van der Waals surface area contributed by atoms with Gasteiger partial charge in [-0.1, -0.05) is 44.9 Å². The summed E-state index contributed by atoms with van der Waals surface area (Å²) in [6.07, 6.45) is 8.01. The van der Waals surface area contributed by atoms with Gasteiger partial charge in [-0.05, 0) is 54.7 Å². The zero-order chi connectivity index (χ0) is 13.0. The number of aliphatic hydroxyl groups excluding tert-OH is 1. The summed E-state index contributed by atoms with van der Waals surface area (Å²) in [4.78, 5) is 0. The second-order valence-corrected chi connectivity index (χ2v) is 5.66. The fourth-order valence-corrected chi connectivity index (χ4v) is 3.25. The van der Waals surface area contributed by atoms with Crippen LogP contribution in [0.15, 0.2) is 18.2 Å². The molecule has 1 nitrogen and oxygen atoms in total. The molecule has 100 valence electrons. The van der Waals surface area contributed by atoms with Crippen molar-refractivity contribution < 1.29 is 5.11 Å². The summed E-state index contributed by atoms with van der Waals surface area (Å²) in [5.41, 5.74) is 4.11. The number of benzene rings is 1. The Kier molecular flexibility index (Phi) is 4.82. The molecular formula is C17H26O. The molecule has 18 heavy (non-hydrogen) atoms. The highest BCUT2D eigenvalue weighted by atomic mass is 16.3. The molecule has 0 amide bonds. The molecule has 0 aromatic heterocycles. The number of aryl methyl sites for hydroxylation is 2. The van der Waals surface area contributed by atoms with E-state index in [1.807, 2.05) is 0 Å². The van der Waals surface area contributed by atoms with E-state index in [2.05, 4.69) is 32.0 Å². The molecule has 1 aliphatic rings. The Morgan fingerprint density at radius 1 is 1.06 bits per heavy atom. The van der Waals surface area contributed by atoms with Crippen molar-refractivity contribution in [2.75, 3.05) is 0 Å². The Morgan fingerprint density at radius 2 is 1.72 bits per heavy atom. The van der Waals surface area contributed by atoms with E-state index in [0.29, 0.717) is 5.92 Å². The molecule has 1 aromatic rings. The van der Waals surface area contributed by atoms with Crippen LogP contribution in [0.5, 0.6) is 0 Å². The quantitative estimate of drug-likeness (QED) is 0.787. The first-order valence-corrected chi connectivity index (χ1v) is 7.56. The minimum atomic E-state index is -0.268. The highest BCUT2D eigenvalue weighted by molar-refractivity contribution is 5.36. The summed E-state index contributed by atoms with van der Waals surface area (Å²) < 4.78 is 0. The van der Waals surface area contributed by atoms with Gasteiger partial charge in [0.1, 0.15) is 0 Å². The largest absolute Gasteiger partial charge is 0.388 e. The molecule has 1 atom stereocenters. The Balaban J connectivity index is 2.13. The summed E-state index contributed by atoms with van der Waals surface area (Å²) in [6, 6.07) is 6.63. The number of rotatable bonds is 6. The van der Waals surface area contributed by atoms with Crippen LogP contribution < -0.4 is 0 Å². The molecular weight excluding hydrogens is 220 g/mol. The molecule has 0 bridgehead atoms. The Morgan fingerprint density at radius 3 is 2.39 bits per heavy atom. The van der Waals surface area contributed by atoms with Gasteiger partial charge >= 0.3 is 0 Å². The van der Waals surface area contributed by atoms with E-state index in [0.717, 1.165) is 31.2 Å². The van der Waals surface area contributed by atoms with Gasteiger partial charge in [-0.3, -0.25) is 0 Å². The lowest BCUT2D eigenvalue weighted by Gasteiger charge is -2.23. The summed E-state index contributed by atoms with van der Waals surface area (Å²) in [7, 11) is 0. The maximum absolute atomic E-state index is 10.6. The minimum absolute atomic E-state index is 0.268. The fraction of sp³-hybridized carbons (Fsp3) is 0.647. The van der Waals surface area contributed by atoms with Gasteiger partial charge in [0.2, 0.25) is 0 Å². The maximum atomic E-state index is 10.6.